The molecule has 3 nitrogen and oxygen atoms in total. The fourth-order valence-electron chi connectivity index (χ4n) is 0.332. The zero-order valence-corrected chi connectivity index (χ0v) is 5.39. The molecule has 0 fully saturated rings. The predicted molar refractivity (Wildman–Crippen MR) is 31.6 cm³/mol. The summed E-state index contributed by atoms with van der Waals surface area (Å²) < 4.78 is 11.6. The largest absolute Gasteiger partial charge is 0.244 e. The lowest BCUT2D eigenvalue weighted by molar-refractivity contribution is 0.686. The molecule has 8 heavy (non-hydrogen) atoms. The first-order chi connectivity index (χ1) is 3.80. The van der Waals surface area contributed by atoms with E-state index in [9.17, 15) is 4.21 Å². The van der Waals surface area contributed by atoms with Crippen LogP contribution in [-0.2, 0) is 10.2 Å². The Hall–Kier alpha value is -0.350. The van der Waals surface area contributed by atoms with E-state index in [0.717, 1.165) is 0 Å². The van der Waals surface area contributed by atoms with Gasteiger partial charge in [0.25, 0.3) is 0 Å². The Kier molecular flexibility index (Phi) is 1.65. The van der Waals surface area contributed by atoms with E-state index in [-0.39, 0.29) is 0 Å². The molecule has 0 saturated heterocycles. The molecule has 1 unspecified atom stereocenters. The second-order valence-electron chi connectivity index (χ2n) is 1.13. The molecule has 1 rings (SSSR count). The van der Waals surface area contributed by atoms with Gasteiger partial charge in [0.15, 0.2) is 0 Å². The van der Waals surface area contributed by atoms with Crippen molar-refractivity contribution < 1.29 is 4.21 Å². The summed E-state index contributed by atoms with van der Waals surface area (Å²) in [6.45, 7) is 0. The fourth-order valence-corrected chi connectivity index (χ4v) is 0.855. The van der Waals surface area contributed by atoms with Crippen LogP contribution in [0.15, 0.2) is 18.7 Å². The molecule has 1 heterocycles. The van der Waals surface area contributed by atoms with Crippen LogP contribution in [0.3, 0.4) is 0 Å². The number of rotatable bonds is 1. The highest BCUT2D eigenvalue weighted by Gasteiger charge is 1.91. The van der Waals surface area contributed by atoms with Crippen molar-refractivity contribution in [2.24, 2.45) is 0 Å². The van der Waals surface area contributed by atoms with Crippen molar-refractivity contribution in [1.29, 1.82) is 0 Å². The van der Waals surface area contributed by atoms with Gasteiger partial charge in [-0.2, -0.15) is 0 Å². The van der Waals surface area contributed by atoms with Gasteiger partial charge in [0.05, 0.1) is 0 Å². The maximum atomic E-state index is 10.3. The molecule has 0 aliphatic carbocycles. The molecule has 0 spiro atoms. The highest BCUT2D eigenvalue weighted by atomic mass is 35.7. The minimum atomic E-state index is -1.47. The van der Waals surface area contributed by atoms with Gasteiger partial charge >= 0.3 is 0 Å². The number of aromatic nitrogens is 2. The lowest BCUT2D eigenvalue weighted by atomic mass is 11.0. The summed E-state index contributed by atoms with van der Waals surface area (Å²) in [5, 5.41) is 0. The lowest BCUT2D eigenvalue weighted by Gasteiger charge is -1.85. The van der Waals surface area contributed by atoms with Gasteiger partial charge in [-0.1, -0.05) is 0 Å². The highest BCUT2D eigenvalue weighted by Crippen LogP contribution is 1.92. The Labute approximate surface area is 53.4 Å². The number of hydrogen-bond donors (Lipinski definition) is 0. The predicted octanol–water partition coefficient (Wildman–Crippen LogP) is 0.549. The van der Waals surface area contributed by atoms with E-state index in [1.54, 1.807) is 0 Å². The second kappa shape index (κ2) is 2.28. The third-order valence-corrected chi connectivity index (χ3v) is 1.67. The third kappa shape index (κ3) is 1.08. The van der Waals surface area contributed by atoms with Gasteiger partial charge in [-0.3, -0.25) is 0 Å². The van der Waals surface area contributed by atoms with Crippen molar-refractivity contribution in [2.75, 3.05) is 0 Å². The Morgan fingerprint density at radius 1 is 1.75 bits per heavy atom. The molecule has 0 N–H and O–H groups in total. The molecular formula is C3H3ClN2OS. The van der Waals surface area contributed by atoms with E-state index in [0.29, 0.717) is 0 Å². The van der Waals surface area contributed by atoms with Crippen LogP contribution in [0.2, 0.25) is 0 Å². The molecule has 1 aromatic heterocycles. The van der Waals surface area contributed by atoms with Crippen molar-refractivity contribution >= 4 is 20.9 Å². The van der Waals surface area contributed by atoms with Crippen LogP contribution in [0.1, 0.15) is 0 Å². The minimum absolute atomic E-state index is 1.29. The second-order valence-corrected chi connectivity index (χ2v) is 2.76. The quantitative estimate of drug-likeness (QED) is 0.548. The van der Waals surface area contributed by atoms with Gasteiger partial charge in [0.1, 0.15) is 6.33 Å². The van der Waals surface area contributed by atoms with Crippen molar-refractivity contribution in [2.45, 2.75) is 0 Å². The van der Waals surface area contributed by atoms with Crippen LogP contribution in [0.25, 0.3) is 0 Å². The van der Waals surface area contributed by atoms with Crippen LogP contribution < -0.4 is 0 Å². The zero-order chi connectivity index (χ0) is 5.98. The SMILES string of the molecule is O=S(Cl)n1ccnc1. The van der Waals surface area contributed by atoms with Crippen LogP contribution >= 0.6 is 10.7 Å². The van der Waals surface area contributed by atoms with Gasteiger partial charge < -0.3 is 0 Å². The fraction of sp³-hybridized carbons (Fsp3) is 0. The maximum absolute atomic E-state index is 10.3. The van der Waals surface area contributed by atoms with Crippen molar-refractivity contribution in [3.05, 3.63) is 18.7 Å². The molecule has 0 bridgehead atoms. The van der Waals surface area contributed by atoms with Crippen LogP contribution in [0.5, 0.6) is 0 Å². The van der Waals surface area contributed by atoms with Crippen LogP contribution in [-0.4, -0.2) is 13.2 Å². The number of halogens is 1. The van der Waals surface area contributed by atoms with E-state index < -0.39 is 10.2 Å². The first-order valence-corrected chi connectivity index (χ1v) is 3.80. The smallest absolute Gasteiger partial charge is 0.223 e. The molecule has 5 heteroatoms. The number of hydrogen-bond acceptors (Lipinski definition) is 2. The molecule has 0 saturated carbocycles. The lowest BCUT2D eigenvalue weighted by Crippen LogP contribution is -1.90. The van der Waals surface area contributed by atoms with Crippen LogP contribution in [0.4, 0.5) is 0 Å². The monoisotopic (exact) mass is 150 g/mol. The van der Waals surface area contributed by atoms with Crippen molar-refractivity contribution in [1.82, 2.24) is 8.96 Å². The average Bonchev–Trinajstić information content (AvgIpc) is 2.12. The Bertz CT molecular complexity index is 185. The molecule has 44 valence electrons. The van der Waals surface area contributed by atoms with Crippen molar-refractivity contribution in [3.63, 3.8) is 0 Å². The minimum Gasteiger partial charge on any atom is -0.244 e. The molecule has 1 aromatic rings. The van der Waals surface area contributed by atoms with Gasteiger partial charge in [-0.15, -0.1) is 0 Å². The molecule has 0 aliphatic rings. The number of nitrogens with zero attached hydrogens (tertiary/aromatic N) is 2. The molecule has 1 atom stereocenters. The highest BCUT2D eigenvalue weighted by molar-refractivity contribution is 8.07. The molecule has 0 amide bonds. The molecular weight excluding hydrogens is 148 g/mol. The Morgan fingerprint density at radius 2 is 2.50 bits per heavy atom. The van der Waals surface area contributed by atoms with E-state index in [4.69, 9.17) is 10.7 Å². The third-order valence-electron chi connectivity index (χ3n) is 0.646. The summed E-state index contributed by atoms with van der Waals surface area (Å²) in [4.78, 5) is 3.63. The summed E-state index contributed by atoms with van der Waals surface area (Å²) in [5.74, 6) is 0. The normalized spacial score (nSPS) is 13.6. The van der Waals surface area contributed by atoms with E-state index in [2.05, 4.69) is 4.98 Å². The van der Waals surface area contributed by atoms with E-state index in [1.807, 2.05) is 0 Å². The van der Waals surface area contributed by atoms with Gasteiger partial charge in [0.2, 0.25) is 10.2 Å². The van der Waals surface area contributed by atoms with Crippen LogP contribution in [0, 0.1) is 0 Å². The van der Waals surface area contributed by atoms with Gasteiger partial charge in [-0.05, 0) is 0 Å². The maximum Gasteiger partial charge on any atom is 0.223 e. The summed E-state index contributed by atoms with van der Waals surface area (Å²) >= 11 is 0. The van der Waals surface area contributed by atoms with E-state index in [1.165, 1.54) is 22.7 Å². The Morgan fingerprint density at radius 3 is 2.75 bits per heavy atom. The molecule has 0 aromatic carbocycles. The number of imidazole rings is 1. The van der Waals surface area contributed by atoms with E-state index >= 15 is 0 Å². The van der Waals surface area contributed by atoms with Gasteiger partial charge in [0, 0.05) is 23.1 Å². The first-order valence-electron chi connectivity index (χ1n) is 1.87. The first kappa shape index (κ1) is 5.78. The Balaban J connectivity index is 2.93. The summed E-state index contributed by atoms with van der Waals surface area (Å²) in [7, 11) is 3.67. The van der Waals surface area contributed by atoms with Gasteiger partial charge in [-0.25, -0.2) is 13.2 Å². The zero-order valence-electron chi connectivity index (χ0n) is 3.82. The average molecular weight is 151 g/mol. The summed E-state index contributed by atoms with van der Waals surface area (Å²) in [5.41, 5.74) is 0. The van der Waals surface area contributed by atoms with Crippen molar-refractivity contribution in [3.8, 4) is 0 Å². The topological polar surface area (TPSA) is 34.9 Å². The summed E-state index contributed by atoms with van der Waals surface area (Å²) in [6.07, 6.45) is 4.44. The molecule has 0 radical (unpaired) electrons. The standard InChI is InChI=1S/C3H3ClN2OS/c4-8(7)6-2-1-5-3-6/h1-3H. The molecule has 0 aliphatic heterocycles. The summed E-state index contributed by atoms with van der Waals surface area (Å²) in [6, 6.07) is 0.